The van der Waals surface area contributed by atoms with Gasteiger partial charge in [0.25, 0.3) is 0 Å². The number of hydrogen-bond donors (Lipinski definition) is 0. The maximum atomic E-state index is 2.38. The summed E-state index contributed by atoms with van der Waals surface area (Å²) in [4.78, 5) is 0. The van der Waals surface area contributed by atoms with Gasteiger partial charge in [0.15, 0.2) is 0 Å². The van der Waals surface area contributed by atoms with E-state index < -0.39 is 0 Å². The normalized spacial score (nSPS) is 14.8. The zero-order valence-electron chi connectivity index (χ0n) is 11.1. The summed E-state index contributed by atoms with van der Waals surface area (Å²) >= 11 is 0. The van der Waals surface area contributed by atoms with Crippen LogP contribution in [0, 0.1) is 17.3 Å². The number of hydrogen-bond acceptors (Lipinski definition) is 0. The molecule has 0 heteroatoms. The average Bonchev–Trinajstić information content (AvgIpc) is 2.03. The van der Waals surface area contributed by atoms with Crippen LogP contribution in [0.4, 0.5) is 0 Å². The predicted octanol–water partition coefficient (Wildman–Crippen LogP) is 5.23. The lowest BCUT2D eigenvalue weighted by atomic mass is 9.69. The van der Waals surface area contributed by atoms with Gasteiger partial charge in [-0.15, -0.1) is 0 Å². The molecule has 1 atom stereocenters. The van der Waals surface area contributed by atoms with Crippen molar-refractivity contribution in [1.82, 2.24) is 0 Å². The first-order valence-electron chi connectivity index (χ1n) is 6.31. The molecule has 0 N–H and O–H groups in total. The summed E-state index contributed by atoms with van der Waals surface area (Å²) < 4.78 is 0. The summed E-state index contributed by atoms with van der Waals surface area (Å²) in [6, 6.07) is 0. The van der Waals surface area contributed by atoms with Crippen molar-refractivity contribution >= 4 is 0 Å². The molecule has 85 valence electrons. The molecule has 0 aromatic heterocycles. The highest BCUT2D eigenvalue weighted by Crippen LogP contribution is 2.40. The Morgan fingerprint density at radius 3 is 1.57 bits per heavy atom. The van der Waals surface area contributed by atoms with Gasteiger partial charge in [0.1, 0.15) is 0 Å². The smallest absolute Gasteiger partial charge is 0.0205 e. The first kappa shape index (κ1) is 14.0. The van der Waals surface area contributed by atoms with Crippen molar-refractivity contribution in [2.45, 2.75) is 73.6 Å². The molecule has 0 nitrogen and oxygen atoms in total. The minimum absolute atomic E-state index is 0.453. The van der Waals surface area contributed by atoms with Crippen LogP contribution in [-0.4, -0.2) is 0 Å². The van der Waals surface area contributed by atoms with Gasteiger partial charge in [-0.05, 0) is 30.1 Å². The molecule has 14 heavy (non-hydrogen) atoms. The van der Waals surface area contributed by atoms with E-state index in [-0.39, 0.29) is 0 Å². The van der Waals surface area contributed by atoms with Gasteiger partial charge >= 0.3 is 0 Å². The van der Waals surface area contributed by atoms with Crippen LogP contribution in [0.2, 0.25) is 0 Å². The molecule has 0 aromatic carbocycles. The highest BCUT2D eigenvalue weighted by Gasteiger charge is 2.29. The third kappa shape index (κ3) is 4.48. The summed E-state index contributed by atoms with van der Waals surface area (Å²) in [6.45, 7) is 14.1. The minimum Gasteiger partial charge on any atom is -0.0654 e. The molecular formula is C14H29. The van der Waals surface area contributed by atoms with Crippen molar-refractivity contribution in [3.8, 4) is 0 Å². The third-order valence-corrected chi connectivity index (χ3v) is 3.09. The second-order valence-electron chi connectivity index (χ2n) is 5.49. The molecule has 1 radical (unpaired) electrons. The molecule has 0 heterocycles. The first-order chi connectivity index (χ1) is 6.47. The zero-order chi connectivity index (χ0) is 11.2. The Morgan fingerprint density at radius 2 is 1.36 bits per heavy atom. The Kier molecular flexibility index (Phi) is 6.48. The Balaban J connectivity index is 4.41. The van der Waals surface area contributed by atoms with Gasteiger partial charge in [-0.1, -0.05) is 60.8 Å². The molecule has 0 aromatic rings. The van der Waals surface area contributed by atoms with Crippen LogP contribution in [-0.2, 0) is 0 Å². The summed E-state index contributed by atoms with van der Waals surface area (Å²) in [7, 11) is 0. The highest BCUT2D eigenvalue weighted by molar-refractivity contribution is 5.00. The van der Waals surface area contributed by atoms with Gasteiger partial charge < -0.3 is 0 Å². The van der Waals surface area contributed by atoms with Crippen LogP contribution in [0.15, 0.2) is 0 Å². The van der Waals surface area contributed by atoms with Crippen LogP contribution in [0.5, 0.6) is 0 Å². The fourth-order valence-corrected chi connectivity index (χ4v) is 2.63. The highest BCUT2D eigenvalue weighted by atomic mass is 14.3. The quantitative estimate of drug-likeness (QED) is 0.546. The zero-order valence-corrected chi connectivity index (χ0v) is 11.1. The molecule has 0 bridgehead atoms. The fraction of sp³-hybridized carbons (Fsp3) is 0.929. The summed E-state index contributed by atoms with van der Waals surface area (Å²) in [5.41, 5.74) is 0.453. The van der Waals surface area contributed by atoms with E-state index in [0.717, 1.165) is 5.92 Å². The van der Waals surface area contributed by atoms with Crippen LogP contribution in [0.1, 0.15) is 73.6 Å². The van der Waals surface area contributed by atoms with E-state index in [1.807, 2.05) is 5.92 Å². The maximum absolute atomic E-state index is 2.38. The topological polar surface area (TPSA) is 0 Å². The van der Waals surface area contributed by atoms with Gasteiger partial charge in [0.05, 0.1) is 0 Å². The second-order valence-corrected chi connectivity index (χ2v) is 5.49. The molecule has 0 aliphatic heterocycles. The van der Waals surface area contributed by atoms with Crippen molar-refractivity contribution in [2.75, 3.05) is 0 Å². The summed E-state index contributed by atoms with van der Waals surface area (Å²) in [5, 5.41) is 0. The molecule has 0 aliphatic rings. The van der Waals surface area contributed by atoms with Crippen molar-refractivity contribution in [3.05, 3.63) is 5.92 Å². The number of rotatable bonds is 6. The van der Waals surface area contributed by atoms with E-state index >= 15 is 0 Å². The molecule has 0 spiro atoms. The van der Waals surface area contributed by atoms with Gasteiger partial charge in [-0.3, -0.25) is 0 Å². The van der Waals surface area contributed by atoms with E-state index in [1.54, 1.807) is 0 Å². The Morgan fingerprint density at radius 1 is 0.929 bits per heavy atom. The molecule has 0 rings (SSSR count). The standard InChI is InChI=1S/C14H29/c1-7-10-12(11-8-2)13(9-3)14(4,5)6/h13H,7-11H2,1-6H3. The van der Waals surface area contributed by atoms with E-state index in [2.05, 4.69) is 41.5 Å². The lowest BCUT2D eigenvalue weighted by Gasteiger charge is -2.36. The van der Waals surface area contributed by atoms with Crippen molar-refractivity contribution in [2.24, 2.45) is 11.3 Å². The van der Waals surface area contributed by atoms with Crippen molar-refractivity contribution in [1.29, 1.82) is 0 Å². The van der Waals surface area contributed by atoms with Crippen molar-refractivity contribution < 1.29 is 0 Å². The van der Waals surface area contributed by atoms with E-state index in [0.29, 0.717) is 5.41 Å². The van der Waals surface area contributed by atoms with Gasteiger partial charge in [-0.2, -0.15) is 0 Å². The average molecular weight is 197 g/mol. The van der Waals surface area contributed by atoms with Gasteiger partial charge in [-0.25, -0.2) is 0 Å². The lowest BCUT2D eigenvalue weighted by Crippen LogP contribution is -2.26. The largest absolute Gasteiger partial charge is 0.0654 e. The summed E-state index contributed by atoms with van der Waals surface area (Å²) in [6.07, 6.45) is 6.59. The molecule has 0 saturated heterocycles. The van der Waals surface area contributed by atoms with Crippen LogP contribution >= 0.6 is 0 Å². The van der Waals surface area contributed by atoms with Crippen LogP contribution in [0.3, 0.4) is 0 Å². The Labute approximate surface area is 91.5 Å². The monoisotopic (exact) mass is 197 g/mol. The Bertz CT molecular complexity index is 123. The van der Waals surface area contributed by atoms with Crippen molar-refractivity contribution in [3.63, 3.8) is 0 Å². The molecule has 1 unspecified atom stereocenters. The Hall–Kier alpha value is 0. The lowest BCUT2D eigenvalue weighted by molar-refractivity contribution is 0.228. The molecule has 0 aliphatic carbocycles. The molecular weight excluding hydrogens is 168 g/mol. The van der Waals surface area contributed by atoms with E-state index in [4.69, 9.17) is 0 Å². The molecule has 0 amide bonds. The molecule has 0 saturated carbocycles. The summed E-state index contributed by atoms with van der Waals surface area (Å²) in [5.74, 6) is 2.63. The predicted molar refractivity (Wildman–Crippen MR) is 66.3 cm³/mol. The van der Waals surface area contributed by atoms with E-state index in [9.17, 15) is 0 Å². The van der Waals surface area contributed by atoms with Gasteiger partial charge in [0.2, 0.25) is 0 Å². The fourth-order valence-electron chi connectivity index (χ4n) is 2.63. The second kappa shape index (κ2) is 6.48. The van der Waals surface area contributed by atoms with Crippen LogP contribution in [0.25, 0.3) is 0 Å². The van der Waals surface area contributed by atoms with Gasteiger partial charge in [0, 0.05) is 0 Å². The minimum atomic E-state index is 0.453. The maximum Gasteiger partial charge on any atom is -0.0205 e. The van der Waals surface area contributed by atoms with Crippen LogP contribution < -0.4 is 0 Å². The molecule has 0 fully saturated rings. The first-order valence-corrected chi connectivity index (χ1v) is 6.31. The van der Waals surface area contributed by atoms with E-state index in [1.165, 1.54) is 32.1 Å². The SMILES string of the molecule is CCC[C](CCC)C(CC)C(C)(C)C. The third-order valence-electron chi connectivity index (χ3n) is 3.09.